The highest BCUT2D eigenvalue weighted by atomic mass is 32.2. The van der Waals surface area contributed by atoms with E-state index in [4.69, 9.17) is 0 Å². The van der Waals surface area contributed by atoms with Gasteiger partial charge in [-0.25, -0.2) is 8.78 Å². The number of hydrogen-bond acceptors (Lipinski definition) is 6. The Kier molecular flexibility index (Phi) is 6.28. The molecule has 23 heavy (non-hydrogen) atoms. The van der Waals surface area contributed by atoms with E-state index in [0.717, 1.165) is 25.1 Å². The minimum absolute atomic E-state index is 0.212. The van der Waals surface area contributed by atoms with Crippen LogP contribution in [0.1, 0.15) is 20.3 Å². The highest BCUT2D eigenvalue weighted by molar-refractivity contribution is 8.02. The largest absolute Gasteiger partial charge is 0.360 e. The topological polar surface area (TPSA) is 66.9 Å². The van der Waals surface area contributed by atoms with Gasteiger partial charge in [0.05, 0.1) is 5.25 Å². The fraction of sp³-hybridized carbons (Fsp3) is 0.357. The molecule has 2 aromatic rings. The van der Waals surface area contributed by atoms with Crippen molar-refractivity contribution in [2.45, 2.75) is 29.9 Å². The van der Waals surface area contributed by atoms with Gasteiger partial charge in [0.1, 0.15) is 0 Å². The number of halogens is 2. The lowest BCUT2D eigenvalue weighted by Gasteiger charge is -2.10. The smallest absolute Gasteiger partial charge is 0.237 e. The number of nitrogens with zero attached hydrogens (tertiary/aromatic N) is 2. The molecular weight excluding hydrogens is 342 g/mol. The monoisotopic (exact) mass is 358 g/mol. The van der Waals surface area contributed by atoms with Gasteiger partial charge in [-0.15, -0.1) is 10.2 Å². The lowest BCUT2D eigenvalue weighted by molar-refractivity contribution is -0.115. The van der Waals surface area contributed by atoms with E-state index in [2.05, 4.69) is 20.8 Å². The van der Waals surface area contributed by atoms with E-state index in [9.17, 15) is 13.6 Å². The molecule has 0 aliphatic heterocycles. The van der Waals surface area contributed by atoms with Crippen molar-refractivity contribution in [2.75, 3.05) is 17.2 Å². The predicted octanol–water partition coefficient (Wildman–Crippen LogP) is 3.76. The van der Waals surface area contributed by atoms with Gasteiger partial charge in [0.2, 0.25) is 11.0 Å². The lowest BCUT2D eigenvalue weighted by atomic mass is 10.3. The zero-order valence-electron chi connectivity index (χ0n) is 12.6. The Morgan fingerprint density at radius 2 is 2.13 bits per heavy atom. The molecule has 1 heterocycles. The molecule has 1 aromatic heterocycles. The maximum Gasteiger partial charge on any atom is 0.237 e. The Balaban J connectivity index is 1.91. The van der Waals surface area contributed by atoms with Crippen LogP contribution < -0.4 is 10.6 Å². The summed E-state index contributed by atoms with van der Waals surface area (Å²) in [6.45, 7) is 4.57. The third-order valence-corrected chi connectivity index (χ3v) is 4.83. The summed E-state index contributed by atoms with van der Waals surface area (Å²) in [4.78, 5) is 12.1. The normalized spacial score (nSPS) is 12.0. The summed E-state index contributed by atoms with van der Waals surface area (Å²) in [5, 5.41) is 13.9. The molecule has 0 aliphatic rings. The van der Waals surface area contributed by atoms with E-state index >= 15 is 0 Å². The summed E-state index contributed by atoms with van der Waals surface area (Å²) in [6.07, 6.45) is 0.981. The average Bonchev–Trinajstić information content (AvgIpc) is 2.96. The van der Waals surface area contributed by atoms with E-state index in [1.54, 1.807) is 6.92 Å². The number of amides is 1. The molecule has 9 heteroatoms. The Bertz CT molecular complexity index is 681. The van der Waals surface area contributed by atoms with Crippen molar-refractivity contribution in [3.8, 4) is 0 Å². The van der Waals surface area contributed by atoms with Crippen LogP contribution in [0.25, 0.3) is 0 Å². The first-order valence-corrected chi connectivity index (χ1v) is 8.69. The molecule has 0 bridgehead atoms. The van der Waals surface area contributed by atoms with Crippen molar-refractivity contribution < 1.29 is 13.6 Å². The van der Waals surface area contributed by atoms with E-state index in [0.29, 0.717) is 9.47 Å². The fourth-order valence-electron chi connectivity index (χ4n) is 1.58. The van der Waals surface area contributed by atoms with Gasteiger partial charge < -0.3 is 10.6 Å². The first kappa shape index (κ1) is 17.6. The zero-order valence-corrected chi connectivity index (χ0v) is 14.2. The van der Waals surface area contributed by atoms with E-state index < -0.39 is 16.9 Å². The number of benzene rings is 1. The van der Waals surface area contributed by atoms with Gasteiger partial charge in [0, 0.05) is 18.3 Å². The maximum atomic E-state index is 13.1. The Hall–Kier alpha value is -1.74. The van der Waals surface area contributed by atoms with Crippen LogP contribution in [-0.2, 0) is 4.79 Å². The molecular formula is C14H16F2N4OS2. The molecule has 2 rings (SSSR count). The molecule has 0 saturated carbocycles. The number of carbonyl (C=O) groups excluding carboxylic acids is 1. The van der Waals surface area contributed by atoms with Crippen molar-refractivity contribution in [1.82, 2.24) is 10.2 Å². The van der Waals surface area contributed by atoms with Gasteiger partial charge in [-0.05, 0) is 25.5 Å². The van der Waals surface area contributed by atoms with Gasteiger partial charge in [0.25, 0.3) is 0 Å². The Morgan fingerprint density at radius 3 is 2.83 bits per heavy atom. The van der Waals surface area contributed by atoms with Gasteiger partial charge in [-0.3, -0.25) is 4.79 Å². The summed E-state index contributed by atoms with van der Waals surface area (Å²) in [6, 6.07) is 3.23. The van der Waals surface area contributed by atoms with Crippen LogP contribution in [0, 0.1) is 11.6 Å². The third kappa shape index (κ3) is 5.14. The van der Waals surface area contributed by atoms with Crippen molar-refractivity contribution >= 4 is 39.8 Å². The highest BCUT2D eigenvalue weighted by Crippen LogP contribution is 2.29. The average molecular weight is 358 g/mol. The molecule has 2 N–H and O–H groups in total. The number of thioether (sulfide) groups is 1. The zero-order chi connectivity index (χ0) is 16.8. The van der Waals surface area contributed by atoms with Crippen molar-refractivity contribution in [2.24, 2.45) is 0 Å². The molecule has 0 aliphatic carbocycles. The minimum Gasteiger partial charge on any atom is -0.360 e. The molecule has 124 valence electrons. The molecule has 0 radical (unpaired) electrons. The second-order valence-electron chi connectivity index (χ2n) is 4.68. The first-order chi connectivity index (χ1) is 11.0. The van der Waals surface area contributed by atoms with Crippen LogP contribution >= 0.6 is 23.1 Å². The maximum absolute atomic E-state index is 13.1. The summed E-state index contributed by atoms with van der Waals surface area (Å²) in [5.74, 6) is -2.27. The number of hydrogen-bond donors (Lipinski definition) is 2. The molecule has 5 nitrogen and oxygen atoms in total. The van der Waals surface area contributed by atoms with Crippen molar-refractivity contribution in [3.63, 3.8) is 0 Å². The third-order valence-electron chi connectivity index (χ3n) is 2.77. The van der Waals surface area contributed by atoms with Gasteiger partial charge >= 0.3 is 0 Å². The lowest BCUT2D eigenvalue weighted by Crippen LogP contribution is -2.22. The minimum atomic E-state index is -1.00. The SMILES string of the molecule is CCCNc1nnc(SC(C)C(=O)Nc2ccc(F)c(F)c2)s1. The van der Waals surface area contributed by atoms with Gasteiger partial charge in [-0.1, -0.05) is 30.0 Å². The summed E-state index contributed by atoms with van der Waals surface area (Å²) < 4.78 is 26.7. The van der Waals surface area contributed by atoms with Crippen molar-refractivity contribution in [1.29, 1.82) is 0 Å². The fourth-order valence-corrected chi connectivity index (χ4v) is 3.50. The van der Waals surface area contributed by atoms with Crippen LogP contribution in [0.5, 0.6) is 0 Å². The second-order valence-corrected chi connectivity index (χ2v) is 7.24. The van der Waals surface area contributed by atoms with Gasteiger partial charge in [0.15, 0.2) is 16.0 Å². The number of anilines is 2. The number of rotatable bonds is 7. The van der Waals surface area contributed by atoms with E-state index in [1.807, 2.05) is 6.92 Å². The molecule has 1 unspecified atom stereocenters. The predicted molar refractivity (Wildman–Crippen MR) is 89.0 cm³/mol. The molecule has 1 atom stereocenters. The van der Waals surface area contributed by atoms with Crippen LogP contribution in [0.2, 0.25) is 0 Å². The Morgan fingerprint density at radius 1 is 1.35 bits per heavy atom. The van der Waals surface area contributed by atoms with Crippen LogP contribution in [0.15, 0.2) is 22.5 Å². The van der Waals surface area contributed by atoms with Crippen molar-refractivity contribution in [3.05, 3.63) is 29.8 Å². The second kappa shape index (κ2) is 8.21. The van der Waals surface area contributed by atoms with E-state index in [1.165, 1.54) is 29.2 Å². The first-order valence-electron chi connectivity index (χ1n) is 6.99. The number of carbonyl (C=O) groups is 1. The number of aromatic nitrogens is 2. The molecule has 0 saturated heterocycles. The van der Waals surface area contributed by atoms with E-state index in [-0.39, 0.29) is 11.6 Å². The van der Waals surface area contributed by atoms with Gasteiger partial charge in [-0.2, -0.15) is 0 Å². The molecule has 1 amide bonds. The molecule has 1 aromatic carbocycles. The quantitative estimate of drug-likeness (QED) is 0.738. The van der Waals surface area contributed by atoms with Crippen LogP contribution in [-0.4, -0.2) is 27.9 Å². The summed E-state index contributed by atoms with van der Waals surface area (Å²) in [5.41, 5.74) is 0.212. The highest BCUT2D eigenvalue weighted by Gasteiger charge is 2.18. The summed E-state index contributed by atoms with van der Waals surface area (Å²) in [7, 11) is 0. The standard InChI is InChI=1S/C14H16F2N4OS2/c1-3-6-17-13-19-20-14(23-13)22-8(2)12(21)18-9-4-5-10(15)11(16)7-9/h4-5,7-8H,3,6H2,1-2H3,(H,17,19)(H,18,21). The molecule has 0 fully saturated rings. The Labute approximate surface area is 140 Å². The summed E-state index contributed by atoms with van der Waals surface area (Å²) >= 11 is 2.63. The molecule has 0 spiro atoms. The van der Waals surface area contributed by atoms with Crippen LogP contribution in [0.4, 0.5) is 19.6 Å². The van der Waals surface area contributed by atoms with Crippen LogP contribution in [0.3, 0.4) is 0 Å². The number of nitrogens with one attached hydrogen (secondary N) is 2.